The zero-order valence-corrected chi connectivity index (χ0v) is 11.2. The molecule has 0 aromatic heterocycles. The van der Waals surface area contributed by atoms with Crippen LogP contribution in [0.1, 0.15) is 58.3 Å². The topological polar surface area (TPSA) is 47.3 Å². The van der Waals surface area contributed by atoms with E-state index < -0.39 is 0 Å². The number of rotatable bonds is 7. The van der Waals surface area contributed by atoms with Gasteiger partial charge in [0, 0.05) is 12.6 Å². The van der Waals surface area contributed by atoms with E-state index in [1.165, 1.54) is 51.4 Å². The number of hydrogen-bond acceptors (Lipinski definition) is 3. The molecule has 3 heteroatoms. The monoisotopic (exact) mass is 240 g/mol. The van der Waals surface area contributed by atoms with Crippen molar-refractivity contribution < 1.29 is 4.74 Å². The molecule has 0 amide bonds. The van der Waals surface area contributed by atoms with E-state index in [-0.39, 0.29) is 0 Å². The lowest BCUT2D eigenvalue weighted by Crippen LogP contribution is -2.49. The molecular weight excluding hydrogens is 212 g/mol. The molecule has 0 aromatic carbocycles. The molecule has 17 heavy (non-hydrogen) atoms. The highest BCUT2D eigenvalue weighted by Gasteiger charge is 2.34. The predicted octanol–water partition coefficient (Wildman–Crippen LogP) is 2.60. The van der Waals surface area contributed by atoms with Gasteiger partial charge in [-0.2, -0.15) is 0 Å². The largest absolute Gasteiger partial charge is 0.377 e. The maximum absolute atomic E-state index is 6.02. The Morgan fingerprint density at radius 2 is 1.88 bits per heavy atom. The second kappa shape index (κ2) is 6.72. The summed E-state index contributed by atoms with van der Waals surface area (Å²) < 4.78 is 6.02. The summed E-state index contributed by atoms with van der Waals surface area (Å²) in [6, 6.07) is 0.366. The van der Waals surface area contributed by atoms with Gasteiger partial charge in [0.05, 0.1) is 6.10 Å². The molecule has 0 heterocycles. The Kier molecular flexibility index (Phi) is 5.26. The van der Waals surface area contributed by atoms with Crippen molar-refractivity contribution in [3.8, 4) is 0 Å². The lowest BCUT2D eigenvalue weighted by Gasteiger charge is -2.35. The first-order valence-electron chi connectivity index (χ1n) is 7.42. The molecule has 0 radical (unpaired) electrons. The Bertz CT molecular complexity index is 212. The molecule has 2 saturated carbocycles. The smallest absolute Gasteiger partial charge is 0.0769 e. The van der Waals surface area contributed by atoms with Gasteiger partial charge in [-0.1, -0.05) is 32.1 Å². The second-order valence-corrected chi connectivity index (χ2v) is 5.77. The highest BCUT2D eigenvalue weighted by atomic mass is 16.5. The Hall–Kier alpha value is -0.120. The number of hydrazine groups is 1. The standard InChI is InChI=1S/C14H28N2O/c1-2-17-14(12-6-4-3-5-7-12)13(16-15)10-11-8-9-11/h11-14,16H,2-10,15H2,1H3. The molecule has 2 aliphatic carbocycles. The van der Waals surface area contributed by atoms with Gasteiger partial charge in [-0.15, -0.1) is 0 Å². The van der Waals surface area contributed by atoms with Crippen LogP contribution in [0, 0.1) is 11.8 Å². The summed E-state index contributed by atoms with van der Waals surface area (Å²) in [7, 11) is 0. The van der Waals surface area contributed by atoms with Crippen LogP contribution in [-0.4, -0.2) is 18.8 Å². The Morgan fingerprint density at radius 3 is 2.41 bits per heavy atom. The molecule has 2 atom stereocenters. The van der Waals surface area contributed by atoms with E-state index in [0.29, 0.717) is 12.1 Å². The number of ether oxygens (including phenoxy) is 1. The summed E-state index contributed by atoms with van der Waals surface area (Å²) in [6.07, 6.45) is 11.1. The van der Waals surface area contributed by atoms with E-state index >= 15 is 0 Å². The quantitative estimate of drug-likeness (QED) is 0.531. The Morgan fingerprint density at radius 1 is 1.18 bits per heavy atom. The maximum atomic E-state index is 6.02. The third kappa shape index (κ3) is 3.94. The van der Waals surface area contributed by atoms with Gasteiger partial charge in [0.15, 0.2) is 0 Å². The molecule has 3 nitrogen and oxygen atoms in total. The highest BCUT2D eigenvalue weighted by Crippen LogP contribution is 2.37. The summed E-state index contributed by atoms with van der Waals surface area (Å²) in [5.41, 5.74) is 3.03. The van der Waals surface area contributed by atoms with E-state index in [9.17, 15) is 0 Å². The average molecular weight is 240 g/mol. The minimum Gasteiger partial charge on any atom is -0.377 e. The van der Waals surface area contributed by atoms with Crippen LogP contribution in [0.4, 0.5) is 0 Å². The number of nitrogens with two attached hydrogens (primary N) is 1. The van der Waals surface area contributed by atoms with E-state index in [4.69, 9.17) is 10.6 Å². The van der Waals surface area contributed by atoms with Gasteiger partial charge in [0.1, 0.15) is 0 Å². The fourth-order valence-electron chi connectivity index (χ4n) is 3.25. The zero-order chi connectivity index (χ0) is 12.1. The molecular formula is C14H28N2O. The van der Waals surface area contributed by atoms with Crippen molar-refractivity contribution >= 4 is 0 Å². The van der Waals surface area contributed by atoms with Crippen molar-refractivity contribution in [1.82, 2.24) is 5.43 Å². The zero-order valence-electron chi connectivity index (χ0n) is 11.2. The number of hydrogen-bond donors (Lipinski definition) is 2. The molecule has 0 aromatic rings. The molecule has 2 unspecified atom stereocenters. The van der Waals surface area contributed by atoms with Gasteiger partial charge in [-0.3, -0.25) is 11.3 Å². The van der Waals surface area contributed by atoms with Crippen molar-refractivity contribution in [2.24, 2.45) is 17.7 Å². The first kappa shape index (κ1) is 13.3. The molecule has 2 fully saturated rings. The fourth-order valence-corrected chi connectivity index (χ4v) is 3.25. The van der Waals surface area contributed by atoms with E-state index in [1.54, 1.807) is 0 Å². The average Bonchev–Trinajstić information content (AvgIpc) is 3.18. The van der Waals surface area contributed by atoms with E-state index in [0.717, 1.165) is 18.4 Å². The second-order valence-electron chi connectivity index (χ2n) is 5.77. The van der Waals surface area contributed by atoms with E-state index in [2.05, 4.69) is 12.3 Å². The van der Waals surface area contributed by atoms with Crippen molar-refractivity contribution in [3.05, 3.63) is 0 Å². The van der Waals surface area contributed by atoms with Gasteiger partial charge >= 0.3 is 0 Å². The lowest BCUT2D eigenvalue weighted by atomic mass is 9.81. The van der Waals surface area contributed by atoms with Crippen LogP contribution >= 0.6 is 0 Å². The minimum atomic E-state index is 0.339. The predicted molar refractivity (Wildman–Crippen MR) is 70.4 cm³/mol. The SMILES string of the molecule is CCOC(C1CCCCC1)C(CC1CC1)NN. The van der Waals surface area contributed by atoms with Crippen LogP contribution in [0.3, 0.4) is 0 Å². The molecule has 0 aliphatic heterocycles. The molecule has 100 valence electrons. The molecule has 0 bridgehead atoms. The van der Waals surface area contributed by atoms with Crippen LogP contribution in [0.2, 0.25) is 0 Å². The van der Waals surface area contributed by atoms with Crippen LogP contribution in [0.25, 0.3) is 0 Å². The summed E-state index contributed by atoms with van der Waals surface area (Å²) in [6.45, 7) is 2.91. The number of nitrogens with one attached hydrogen (secondary N) is 1. The molecule has 0 spiro atoms. The van der Waals surface area contributed by atoms with Gasteiger partial charge in [0.25, 0.3) is 0 Å². The summed E-state index contributed by atoms with van der Waals surface area (Å²) >= 11 is 0. The van der Waals surface area contributed by atoms with Crippen LogP contribution in [0.5, 0.6) is 0 Å². The lowest BCUT2D eigenvalue weighted by molar-refractivity contribution is -0.0205. The van der Waals surface area contributed by atoms with Crippen molar-refractivity contribution in [2.45, 2.75) is 70.4 Å². The Balaban J connectivity index is 1.91. The molecule has 2 rings (SSSR count). The van der Waals surface area contributed by atoms with Crippen molar-refractivity contribution in [3.63, 3.8) is 0 Å². The molecule has 2 aliphatic rings. The normalized spacial score (nSPS) is 25.8. The Labute approximate surface area is 105 Å². The molecule has 3 N–H and O–H groups in total. The fraction of sp³-hybridized carbons (Fsp3) is 1.00. The third-order valence-electron chi connectivity index (χ3n) is 4.37. The van der Waals surface area contributed by atoms with Crippen molar-refractivity contribution in [1.29, 1.82) is 0 Å². The van der Waals surface area contributed by atoms with Crippen molar-refractivity contribution in [2.75, 3.05) is 6.61 Å². The minimum absolute atomic E-state index is 0.339. The summed E-state index contributed by atoms with van der Waals surface area (Å²) in [5, 5.41) is 0. The van der Waals surface area contributed by atoms with Gasteiger partial charge in [0.2, 0.25) is 0 Å². The van der Waals surface area contributed by atoms with Crippen LogP contribution in [-0.2, 0) is 4.74 Å². The third-order valence-corrected chi connectivity index (χ3v) is 4.37. The summed E-state index contributed by atoms with van der Waals surface area (Å²) in [4.78, 5) is 0. The van der Waals surface area contributed by atoms with Gasteiger partial charge < -0.3 is 4.74 Å². The molecule has 0 saturated heterocycles. The highest BCUT2D eigenvalue weighted by molar-refractivity contribution is 4.88. The maximum Gasteiger partial charge on any atom is 0.0769 e. The van der Waals surface area contributed by atoms with Crippen LogP contribution in [0.15, 0.2) is 0 Å². The first-order valence-corrected chi connectivity index (χ1v) is 7.42. The van der Waals surface area contributed by atoms with Gasteiger partial charge in [-0.05, 0) is 38.0 Å². The van der Waals surface area contributed by atoms with E-state index in [1.807, 2.05) is 0 Å². The first-order chi connectivity index (χ1) is 8.35. The van der Waals surface area contributed by atoms with Crippen LogP contribution < -0.4 is 11.3 Å². The van der Waals surface area contributed by atoms with Gasteiger partial charge in [-0.25, -0.2) is 0 Å². The summed E-state index contributed by atoms with van der Waals surface area (Å²) in [5.74, 6) is 7.39.